The van der Waals surface area contributed by atoms with Gasteiger partial charge in [0.25, 0.3) is 11.8 Å². The maximum atomic E-state index is 13.8. The highest BCUT2D eigenvalue weighted by atomic mass is 16.5. The van der Waals surface area contributed by atoms with Gasteiger partial charge in [0.2, 0.25) is 5.91 Å². The number of nitrogens with one attached hydrogen (secondary N) is 1. The third-order valence-corrected chi connectivity index (χ3v) is 8.32. The van der Waals surface area contributed by atoms with Gasteiger partial charge in [-0.2, -0.15) is 0 Å². The number of nitrogens with zero attached hydrogens (tertiary/aromatic N) is 3. The van der Waals surface area contributed by atoms with E-state index < -0.39 is 0 Å². The molecule has 2 aliphatic rings. The number of piperidine rings is 1. The standard InChI is InChI=1S/C34H40N4O4/c1-3-29(25-10-6-4-7-11-25)33(40)38-22-20-36(21-23-38)31-17-14-27(24-30(31)34(41)37-18-8-5-9-19-37)35-32(39)26-12-15-28(42-2)16-13-26/h4,6-7,10-17,24,29H,3,5,8-9,18-23H2,1-2H3,(H,35,39)/t29-/m1/s1. The average molecular weight is 569 g/mol. The average Bonchev–Trinajstić information content (AvgIpc) is 3.05. The Hall–Kier alpha value is -4.33. The number of rotatable bonds is 8. The van der Waals surface area contributed by atoms with E-state index in [1.54, 1.807) is 37.4 Å². The molecule has 0 unspecified atom stereocenters. The number of hydrogen-bond donors (Lipinski definition) is 1. The summed E-state index contributed by atoms with van der Waals surface area (Å²) < 4.78 is 5.19. The van der Waals surface area contributed by atoms with Gasteiger partial charge in [0.05, 0.1) is 18.6 Å². The van der Waals surface area contributed by atoms with Gasteiger partial charge < -0.3 is 24.8 Å². The first-order chi connectivity index (χ1) is 20.5. The number of likely N-dealkylation sites (tertiary alicyclic amines) is 1. The largest absolute Gasteiger partial charge is 0.497 e. The second-order valence-corrected chi connectivity index (χ2v) is 11.0. The van der Waals surface area contributed by atoms with Gasteiger partial charge >= 0.3 is 0 Å². The molecule has 3 amide bonds. The summed E-state index contributed by atoms with van der Waals surface area (Å²) >= 11 is 0. The van der Waals surface area contributed by atoms with E-state index >= 15 is 0 Å². The molecule has 1 N–H and O–H groups in total. The topological polar surface area (TPSA) is 82.2 Å². The first kappa shape index (κ1) is 29.2. The monoisotopic (exact) mass is 568 g/mol. The summed E-state index contributed by atoms with van der Waals surface area (Å²) in [7, 11) is 1.59. The van der Waals surface area contributed by atoms with Crippen molar-refractivity contribution in [2.45, 2.75) is 38.5 Å². The maximum Gasteiger partial charge on any atom is 0.256 e. The summed E-state index contributed by atoms with van der Waals surface area (Å²) in [4.78, 5) is 46.3. The van der Waals surface area contributed by atoms with Crippen LogP contribution in [-0.4, -0.2) is 73.9 Å². The number of ether oxygens (including phenoxy) is 1. The molecular weight excluding hydrogens is 528 g/mol. The molecule has 220 valence electrons. The lowest BCUT2D eigenvalue weighted by molar-refractivity contribution is -0.133. The van der Waals surface area contributed by atoms with E-state index in [2.05, 4.69) is 17.1 Å². The Morgan fingerprint density at radius 1 is 0.810 bits per heavy atom. The van der Waals surface area contributed by atoms with Crippen LogP contribution in [0.25, 0.3) is 0 Å². The molecule has 8 heteroatoms. The summed E-state index contributed by atoms with van der Waals surface area (Å²) in [6.45, 7) is 5.98. The number of anilines is 2. The fraction of sp³-hybridized carbons (Fsp3) is 0.382. The van der Waals surface area contributed by atoms with Crippen LogP contribution in [0.4, 0.5) is 11.4 Å². The number of benzene rings is 3. The van der Waals surface area contributed by atoms with E-state index in [9.17, 15) is 14.4 Å². The predicted octanol–water partition coefficient (Wildman–Crippen LogP) is 5.42. The fourth-order valence-corrected chi connectivity index (χ4v) is 5.90. The highest BCUT2D eigenvalue weighted by molar-refractivity contribution is 6.06. The predicted molar refractivity (Wildman–Crippen MR) is 165 cm³/mol. The molecule has 3 aromatic carbocycles. The lowest BCUT2D eigenvalue weighted by Gasteiger charge is -2.38. The van der Waals surface area contributed by atoms with Gasteiger partial charge in [0, 0.05) is 56.2 Å². The van der Waals surface area contributed by atoms with E-state index in [-0.39, 0.29) is 23.6 Å². The van der Waals surface area contributed by atoms with Gasteiger partial charge in [-0.1, -0.05) is 37.3 Å². The summed E-state index contributed by atoms with van der Waals surface area (Å²) in [5.41, 5.74) is 3.55. The van der Waals surface area contributed by atoms with Crippen LogP contribution in [0.3, 0.4) is 0 Å². The molecule has 1 atom stereocenters. The van der Waals surface area contributed by atoms with E-state index in [1.165, 1.54) is 0 Å². The molecule has 0 aromatic heterocycles. The number of piperazine rings is 1. The molecule has 0 radical (unpaired) electrons. The van der Waals surface area contributed by atoms with Gasteiger partial charge in [-0.25, -0.2) is 0 Å². The van der Waals surface area contributed by atoms with E-state index in [1.807, 2.05) is 52.3 Å². The highest BCUT2D eigenvalue weighted by Crippen LogP contribution is 2.30. The molecule has 5 rings (SSSR count). The van der Waals surface area contributed by atoms with E-state index in [0.717, 1.165) is 50.0 Å². The molecule has 0 bridgehead atoms. The van der Waals surface area contributed by atoms with Crippen molar-refractivity contribution in [3.05, 3.63) is 89.5 Å². The first-order valence-electron chi connectivity index (χ1n) is 15.0. The molecule has 2 saturated heterocycles. The maximum absolute atomic E-state index is 13.8. The lowest BCUT2D eigenvalue weighted by atomic mass is 9.94. The summed E-state index contributed by atoms with van der Waals surface area (Å²) in [5.74, 6) is 0.418. The molecule has 42 heavy (non-hydrogen) atoms. The Bertz CT molecular complexity index is 1380. The Morgan fingerprint density at radius 2 is 1.50 bits per heavy atom. The Kier molecular flexibility index (Phi) is 9.41. The molecule has 8 nitrogen and oxygen atoms in total. The third-order valence-electron chi connectivity index (χ3n) is 8.32. The molecule has 2 fully saturated rings. The van der Waals surface area contributed by atoms with E-state index in [0.29, 0.717) is 48.7 Å². The van der Waals surface area contributed by atoms with Gasteiger partial charge in [-0.15, -0.1) is 0 Å². The molecule has 0 spiro atoms. The fourth-order valence-electron chi connectivity index (χ4n) is 5.90. The summed E-state index contributed by atoms with van der Waals surface area (Å²) in [5, 5.41) is 2.96. The van der Waals surface area contributed by atoms with Gasteiger partial charge in [-0.3, -0.25) is 14.4 Å². The van der Waals surface area contributed by atoms with Crippen LogP contribution in [0, 0.1) is 0 Å². The Balaban J connectivity index is 1.33. The van der Waals surface area contributed by atoms with Crippen molar-refractivity contribution < 1.29 is 19.1 Å². The summed E-state index contributed by atoms with van der Waals surface area (Å²) in [6, 6.07) is 22.5. The third kappa shape index (κ3) is 6.59. The minimum absolute atomic E-state index is 0.0149. The second kappa shape index (κ2) is 13.6. The first-order valence-corrected chi connectivity index (χ1v) is 15.0. The normalized spacial score (nSPS) is 16.1. The number of carbonyl (C=O) groups is 3. The highest BCUT2D eigenvalue weighted by Gasteiger charge is 2.30. The van der Waals surface area contributed by atoms with Crippen molar-refractivity contribution in [1.82, 2.24) is 9.80 Å². The molecule has 0 saturated carbocycles. The van der Waals surface area contributed by atoms with Crippen LogP contribution in [0.1, 0.15) is 64.8 Å². The zero-order valence-corrected chi connectivity index (χ0v) is 24.6. The minimum Gasteiger partial charge on any atom is -0.497 e. The zero-order chi connectivity index (χ0) is 29.5. The van der Waals surface area contributed by atoms with Crippen LogP contribution in [0.15, 0.2) is 72.8 Å². The SMILES string of the molecule is CC[C@@H](C(=O)N1CCN(c2ccc(NC(=O)c3ccc(OC)cc3)cc2C(=O)N2CCCCC2)CC1)c1ccccc1. The molecule has 3 aromatic rings. The molecule has 0 aliphatic carbocycles. The molecular formula is C34H40N4O4. The van der Waals surface area contributed by atoms with Crippen molar-refractivity contribution in [1.29, 1.82) is 0 Å². The van der Waals surface area contributed by atoms with Crippen LogP contribution >= 0.6 is 0 Å². The molecule has 2 heterocycles. The Labute approximate surface area is 248 Å². The van der Waals surface area contributed by atoms with Gasteiger partial charge in [0.1, 0.15) is 5.75 Å². The smallest absolute Gasteiger partial charge is 0.256 e. The van der Waals surface area contributed by atoms with Crippen LogP contribution in [-0.2, 0) is 4.79 Å². The Morgan fingerprint density at radius 3 is 2.14 bits per heavy atom. The minimum atomic E-state index is -0.252. The van der Waals surface area contributed by atoms with Crippen LogP contribution < -0.4 is 15.0 Å². The summed E-state index contributed by atoms with van der Waals surface area (Å²) in [6.07, 6.45) is 3.87. The number of hydrogen-bond acceptors (Lipinski definition) is 5. The van der Waals surface area contributed by atoms with E-state index in [4.69, 9.17) is 4.74 Å². The number of amides is 3. The number of carbonyl (C=O) groups excluding carboxylic acids is 3. The van der Waals surface area contributed by atoms with Gasteiger partial charge in [0.15, 0.2) is 0 Å². The van der Waals surface area contributed by atoms with Crippen LogP contribution in [0.2, 0.25) is 0 Å². The van der Waals surface area contributed by atoms with Crippen molar-refractivity contribution >= 4 is 29.1 Å². The van der Waals surface area contributed by atoms with Crippen molar-refractivity contribution in [2.24, 2.45) is 0 Å². The zero-order valence-electron chi connectivity index (χ0n) is 24.6. The van der Waals surface area contributed by atoms with Crippen molar-refractivity contribution in [3.8, 4) is 5.75 Å². The van der Waals surface area contributed by atoms with Crippen molar-refractivity contribution in [2.75, 3.05) is 56.6 Å². The number of methoxy groups -OCH3 is 1. The van der Waals surface area contributed by atoms with Crippen LogP contribution in [0.5, 0.6) is 5.75 Å². The quantitative estimate of drug-likeness (QED) is 0.393. The van der Waals surface area contributed by atoms with Gasteiger partial charge in [-0.05, 0) is 73.7 Å². The van der Waals surface area contributed by atoms with Crippen molar-refractivity contribution in [3.63, 3.8) is 0 Å². The second-order valence-electron chi connectivity index (χ2n) is 11.0. The molecule has 2 aliphatic heterocycles. The lowest BCUT2D eigenvalue weighted by Crippen LogP contribution is -2.50.